The fourth-order valence-electron chi connectivity index (χ4n) is 2.53. The van der Waals surface area contributed by atoms with E-state index < -0.39 is 0 Å². The van der Waals surface area contributed by atoms with Crippen LogP contribution in [0.4, 0.5) is 4.39 Å². The van der Waals surface area contributed by atoms with Crippen molar-refractivity contribution < 1.29 is 4.39 Å². The molecule has 4 heteroatoms. The Kier molecular flexibility index (Phi) is 2.82. The fraction of sp³-hybridized carbons (Fsp3) is 0.500. The highest BCUT2D eigenvalue weighted by atomic mass is 19.1. The Morgan fingerprint density at radius 1 is 1.44 bits per heavy atom. The number of hydrogen-bond acceptors (Lipinski definition) is 2. The van der Waals surface area contributed by atoms with E-state index in [-0.39, 0.29) is 5.82 Å². The largest absolute Gasteiger partial charge is 0.351 e. The van der Waals surface area contributed by atoms with Crippen molar-refractivity contribution in [2.45, 2.75) is 25.4 Å². The molecule has 0 saturated heterocycles. The fourth-order valence-corrected chi connectivity index (χ4v) is 2.53. The SMILES string of the molecule is CN(CCN1Cc2ccc(F)cc2C1=N)C1CC1. The molecule has 1 saturated carbocycles. The molecule has 0 spiro atoms. The topological polar surface area (TPSA) is 30.3 Å². The summed E-state index contributed by atoms with van der Waals surface area (Å²) in [6.07, 6.45) is 2.61. The molecule has 0 atom stereocenters. The van der Waals surface area contributed by atoms with E-state index in [4.69, 9.17) is 5.41 Å². The number of rotatable bonds is 4. The minimum Gasteiger partial charge on any atom is -0.351 e. The minimum absolute atomic E-state index is 0.254. The van der Waals surface area contributed by atoms with Gasteiger partial charge in [-0.3, -0.25) is 5.41 Å². The first-order valence-electron chi connectivity index (χ1n) is 6.47. The number of nitrogens with zero attached hydrogens (tertiary/aromatic N) is 2. The maximum absolute atomic E-state index is 13.2. The average Bonchev–Trinajstić information content (AvgIpc) is 3.15. The second-order valence-electron chi connectivity index (χ2n) is 5.28. The highest BCUT2D eigenvalue weighted by molar-refractivity contribution is 6.00. The molecule has 3 rings (SSSR count). The zero-order chi connectivity index (χ0) is 12.7. The van der Waals surface area contributed by atoms with Crippen LogP contribution in [0.25, 0.3) is 0 Å². The Morgan fingerprint density at radius 2 is 2.22 bits per heavy atom. The molecule has 0 amide bonds. The van der Waals surface area contributed by atoms with Gasteiger partial charge in [-0.2, -0.15) is 0 Å². The van der Waals surface area contributed by atoms with Gasteiger partial charge in [-0.05, 0) is 37.6 Å². The van der Waals surface area contributed by atoms with Crippen LogP contribution < -0.4 is 0 Å². The minimum atomic E-state index is -0.254. The lowest BCUT2D eigenvalue weighted by Gasteiger charge is -2.22. The van der Waals surface area contributed by atoms with Gasteiger partial charge in [-0.15, -0.1) is 0 Å². The van der Waals surface area contributed by atoms with Gasteiger partial charge in [-0.25, -0.2) is 4.39 Å². The number of halogens is 1. The third kappa shape index (κ3) is 2.12. The van der Waals surface area contributed by atoms with Crippen LogP contribution in [0.1, 0.15) is 24.0 Å². The zero-order valence-electron chi connectivity index (χ0n) is 10.6. The van der Waals surface area contributed by atoms with E-state index in [2.05, 4.69) is 11.9 Å². The normalized spacial score (nSPS) is 18.6. The van der Waals surface area contributed by atoms with Crippen LogP contribution in [0, 0.1) is 11.2 Å². The van der Waals surface area contributed by atoms with Gasteiger partial charge in [0.05, 0.1) is 0 Å². The Hall–Kier alpha value is -1.42. The number of likely N-dealkylation sites (N-methyl/N-ethyl adjacent to an activating group) is 1. The van der Waals surface area contributed by atoms with Gasteiger partial charge >= 0.3 is 0 Å². The molecule has 1 heterocycles. The lowest BCUT2D eigenvalue weighted by atomic mass is 10.1. The predicted molar refractivity (Wildman–Crippen MR) is 69.3 cm³/mol. The molecule has 1 aliphatic heterocycles. The average molecular weight is 247 g/mol. The molecule has 1 aromatic carbocycles. The van der Waals surface area contributed by atoms with Gasteiger partial charge in [0.25, 0.3) is 0 Å². The van der Waals surface area contributed by atoms with Gasteiger partial charge < -0.3 is 9.80 Å². The Bertz CT molecular complexity index is 482. The van der Waals surface area contributed by atoms with Gasteiger partial charge in [-0.1, -0.05) is 6.07 Å². The first-order valence-corrected chi connectivity index (χ1v) is 6.47. The molecule has 0 aromatic heterocycles. The Morgan fingerprint density at radius 3 is 2.94 bits per heavy atom. The molecule has 0 bridgehead atoms. The summed E-state index contributed by atoms with van der Waals surface area (Å²) in [5, 5.41) is 8.09. The summed E-state index contributed by atoms with van der Waals surface area (Å²) in [5.74, 6) is 0.212. The summed E-state index contributed by atoms with van der Waals surface area (Å²) >= 11 is 0. The predicted octanol–water partition coefficient (Wildman–Crippen LogP) is 2.06. The van der Waals surface area contributed by atoms with Crippen LogP contribution in [0.2, 0.25) is 0 Å². The summed E-state index contributed by atoms with van der Waals surface area (Å²) in [4.78, 5) is 4.39. The van der Waals surface area contributed by atoms with E-state index in [0.717, 1.165) is 36.8 Å². The summed E-state index contributed by atoms with van der Waals surface area (Å²) in [7, 11) is 2.14. The third-order valence-corrected chi connectivity index (χ3v) is 3.90. The van der Waals surface area contributed by atoms with E-state index in [1.165, 1.54) is 25.0 Å². The lowest BCUT2D eigenvalue weighted by Crippen LogP contribution is -2.34. The Balaban J connectivity index is 1.64. The monoisotopic (exact) mass is 247 g/mol. The van der Waals surface area contributed by atoms with E-state index in [0.29, 0.717) is 5.84 Å². The zero-order valence-corrected chi connectivity index (χ0v) is 10.6. The smallest absolute Gasteiger partial charge is 0.128 e. The van der Waals surface area contributed by atoms with Crippen LogP contribution in [0.5, 0.6) is 0 Å². The van der Waals surface area contributed by atoms with Crippen molar-refractivity contribution in [3.8, 4) is 0 Å². The molecule has 1 fully saturated rings. The van der Waals surface area contributed by atoms with Crippen molar-refractivity contribution in [3.63, 3.8) is 0 Å². The lowest BCUT2D eigenvalue weighted by molar-refractivity contribution is 0.282. The van der Waals surface area contributed by atoms with Crippen molar-refractivity contribution >= 4 is 5.84 Å². The van der Waals surface area contributed by atoms with Crippen LogP contribution >= 0.6 is 0 Å². The van der Waals surface area contributed by atoms with E-state index >= 15 is 0 Å². The van der Waals surface area contributed by atoms with E-state index in [9.17, 15) is 4.39 Å². The van der Waals surface area contributed by atoms with Crippen molar-refractivity contribution in [2.75, 3.05) is 20.1 Å². The molecule has 18 heavy (non-hydrogen) atoms. The molecule has 0 unspecified atom stereocenters. The van der Waals surface area contributed by atoms with Gasteiger partial charge in [0, 0.05) is 31.2 Å². The summed E-state index contributed by atoms with van der Waals surface area (Å²) in [5.41, 5.74) is 1.82. The van der Waals surface area contributed by atoms with E-state index in [1.54, 1.807) is 6.07 Å². The standard InChI is InChI=1S/C14H18FN3/c1-17(12-4-5-12)6-7-18-9-10-2-3-11(15)8-13(10)14(18)16/h2-3,8,12,16H,4-7,9H2,1H3. The molecule has 96 valence electrons. The molecule has 0 radical (unpaired) electrons. The summed E-state index contributed by atoms with van der Waals surface area (Å²) < 4.78 is 13.2. The van der Waals surface area contributed by atoms with Crippen molar-refractivity contribution in [1.82, 2.24) is 9.80 Å². The van der Waals surface area contributed by atoms with Crippen LogP contribution in [-0.4, -0.2) is 41.8 Å². The number of fused-ring (bicyclic) bond motifs is 1. The van der Waals surface area contributed by atoms with E-state index in [1.807, 2.05) is 4.90 Å². The van der Waals surface area contributed by atoms with Crippen molar-refractivity contribution in [2.24, 2.45) is 0 Å². The molecular weight excluding hydrogens is 229 g/mol. The maximum Gasteiger partial charge on any atom is 0.128 e. The quantitative estimate of drug-likeness (QED) is 0.882. The molecule has 1 aromatic rings. The Labute approximate surface area is 107 Å². The van der Waals surface area contributed by atoms with Crippen LogP contribution in [-0.2, 0) is 6.54 Å². The maximum atomic E-state index is 13.2. The van der Waals surface area contributed by atoms with Crippen molar-refractivity contribution in [1.29, 1.82) is 5.41 Å². The first-order chi connectivity index (χ1) is 8.65. The molecule has 1 N–H and O–H groups in total. The highest BCUT2D eigenvalue weighted by Gasteiger charge is 2.28. The number of benzene rings is 1. The van der Waals surface area contributed by atoms with Crippen LogP contribution in [0.3, 0.4) is 0 Å². The number of hydrogen-bond donors (Lipinski definition) is 1. The first kappa shape index (κ1) is 11.7. The third-order valence-electron chi connectivity index (χ3n) is 3.90. The number of nitrogens with one attached hydrogen (secondary N) is 1. The second kappa shape index (κ2) is 4.35. The molecular formula is C14H18FN3. The molecule has 1 aliphatic carbocycles. The second-order valence-corrected chi connectivity index (χ2v) is 5.28. The summed E-state index contributed by atoms with van der Waals surface area (Å²) in [6.45, 7) is 2.57. The number of amidine groups is 1. The van der Waals surface area contributed by atoms with Gasteiger partial charge in [0.15, 0.2) is 0 Å². The van der Waals surface area contributed by atoms with Gasteiger partial charge in [0.1, 0.15) is 11.7 Å². The molecule has 3 nitrogen and oxygen atoms in total. The summed E-state index contributed by atoms with van der Waals surface area (Å²) in [6, 6.07) is 5.50. The molecule has 2 aliphatic rings. The van der Waals surface area contributed by atoms with Crippen LogP contribution in [0.15, 0.2) is 18.2 Å². The highest BCUT2D eigenvalue weighted by Crippen LogP contribution is 2.26. The van der Waals surface area contributed by atoms with Crippen molar-refractivity contribution in [3.05, 3.63) is 35.1 Å². The van der Waals surface area contributed by atoms with Gasteiger partial charge in [0.2, 0.25) is 0 Å².